The van der Waals surface area contributed by atoms with Crippen molar-refractivity contribution in [2.45, 2.75) is 12.3 Å². The van der Waals surface area contributed by atoms with E-state index in [1.54, 1.807) is 13.2 Å². The lowest BCUT2D eigenvalue weighted by molar-refractivity contribution is -0.286. The van der Waals surface area contributed by atoms with Gasteiger partial charge in [0.05, 0.1) is 13.2 Å². The van der Waals surface area contributed by atoms with Gasteiger partial charge in [0, 0.05) is 11.8 Å². The molecular formula is C20H16F2N2O4S. The number of hydrogen-bond donors (Lipinski definition) is 1. The summed E-state index contributed by atoms with van der Waals surface area (Å²) in [6.07, 6.45) is -0.865. The topological polar surface area (TPSA) is 69.2 Å². The Morgan fingerprint density at radius 2 is 2.00 bits per heavy atom. The van der Waals surface area contributed by atoms with Crippen molar-refractivity contribution in [3.05, 3.63) is 59.7 Å². The van der Waals surface area contributed by atoms with Gasteiger partial charge in [-0.15, -0.1) is 8.78 Å². The van der Waals surface area contributed by atoms with E-state index in [1.165, 1.54) is 36.0 Å². The van der Waals surface area contributed by atoms with E-state index >= 15 is 0 Å². The van der Waals surface area contributed by atoms with Gasteiger partial charge in [-0.25, -0.2) is 0 Å². The molecule has 0 bridgehead atoms. The van der Waals surface area contributed by atoms with Gasteiger partial charge >= 0.3 is 6.29 Å². The number of nitrogens with one attached hydrogen (secondary N) is 1. The van der Waals surface area contributed by atoms with E-state index in [2.05, 4.69) is 19.8 Å². The third-order valence-corrected chi connectivity index (χ3v) is 5.20. The van der Waals surface area contributed by atoms with Gasteiger partial charge in [-0.3, -0.25) is 9.79 Å². The van der Waals surface area contributed by atoms with E-state index in [4.69, 9.17) is 4.74 Å². The molecule has 9 heteroatoms. The average molecular weight is 418 g/mol. The second-order valence-corrected chi connectivity index (χ2v) is 7.24. The Balaban J connectivity index is 1.36. The van der Waals surface area contributed by atoms with Gasteiger partial charge in [0.2, 0.25) is 5.91 Å². The summed E-state index contributed by atoms with van der Waals surface area (Å²) in [6, 6.07) is 11.9. The number of methoxy groups -OCH3 is 1. The van der Waals surface area contributed by atoms with Crippen molar-refractivity contribution in [2.24, 2.45) is 4.99 Å². The number of halogens is 2. The van der Waals surface area contributed by atoms with Gasteiger partial charge in [-0.05, 0) is 41.5 Å². The van der Waals surface area contributed by atoms with E-state index in [0.717, 1.165) is 17.1 Å². The van der Waals surface area contributed by atoms with Crippen molar-refractivity contribution >= 4 is 28.9 Å². The van der Waals surface area contributed by atoms with Crippen molar-refractivity contribution < 1.29 is 27.8 Å². The first-order chi connectivity index (χ1) is 13.9. The Morgan fingerprint density at radius 1 is 1.24 bits per heavy atom. The minimum Gasteiger partial charge on any atom is -0.497 e. The molecular weight excluding hydrogens is 402 g/mol. The Bertz CT molecular complexity index is 992. The molecule has 150 valence electrons. The second-order valence-electron chi connectivity index (χ2n) is 6.23. The van der Waals surface area contributed by atoms with Gasteiger partial charge in [0.1, 0.15) is 5.75 Å². The first-order valence-electron chi connectivity index (χ1n) is 8.65. The third kappa shape index (κ3) is 4.51. The highest BCUT2D eigenvalue weighted by molar-refractivity contribution is 8.14. The van der Waals surface area contributed by atoms with Crippen molar-refractivity contribution in [2.75, 3.05) is 12.9 Å². The highest BCUT2D eigenvalue weighted by atomic mass is 32.2. The van der Waals surface area contributed by atoms with Gasteiger partial charge in [-0.1, -0.05) is 30.0 Å². The van der Waals surface area contributed by atoms with Crippen LogP contribution < -0.4 is 19.5 Å². The molecule has 2 heterocycles. The fraction of sp³-hybridized carbons (Fsp3) is 0.200. The summed E-state index contributed by atoms with van der Waals surface area (Å²) in [4.78, 5) is 16.7. The van der Waals surface area contributed by atoms with E-state index in [0.29, 0.717) is 10.7 Å². The Kier molecular flexibility index (Phi) is 5.14. The van der Waals surface area contributed by atoms with Gasteiger partial charge in [0.25, 0.3) is 0 Å². The normalized spacial score (nSPS) is 19.3. The van der Waals surface area contributed by atoms with Crippen LogP contribution >= 0.6 is 11.8 Å². The van der Waals surface area contributed by atoms with Crippen molar-refractivity contribution in [3.8, 4) is 17.2 Å². The maximum atomic E-state index is 13.1. The molecule has 0 saturated carbocycles. The number of amidine groups is 1. The molecule has 0 aliphatic carbocycles. The van der Waals surface area contributed by atoms with Crippen LogP contribution in [0.1, 0.15) is 17.2 Å². The maximum absolute atomic E-state index is 13.1. The zero-order valence-corrected chi connectivity index (χ0v) is 16.0. The van der Waals surface area contributed by atoms with Crippen LogP contribution in [0.5, 0.6) is 17.2 Å². The van der Waals surface area contributed by atoms with Crippen LogP contribution in [-0.4, -0.2) is 30.2 Å². The summed E-state index contributed by atoms with van der Waals surface area (Å²) < 4.78 is 40.0. The number of thioether (sulfide) groups is 1. The van der Waals surface area contributed by atoms with Crippen molar-refractivity contribution in [1.29, 1.82) is 0 Å². The zero-order valence-electron chi connectivity index (χ0n) is 15.2. The van der Waals surface area contributed by atoms with Crippen LogP contribution in [0.2, 0.25) is 0 Å². The molecule has 2 aromatic carbocycles. The van der Waals surface area contributed by atoms with E-state index in [-0.39, 0.29) is 23.4 Å². The van der Waals surface area contributed by atoms with Crippen LogP contribution in [-0.2, 0) is 4.79 Å². The molecule has 0 radical (unpaired) electrons. The average Bonchev–Trinajstić information content (AvgIpc) is 3.28. The van der Waals surface area contributed by atoms with Gasteiger partial charge in [-0.2, -0.15) is 0 Å². The monoisotopic (exact) mass is 418 g/mol. The number of hydrogen-bond acceptors (Lipinski definition) is 6. The molecule has 6 nitrogen and oxygen atoms in total. The smallest absolute Gasteiger partial charge is 0.497 e. The minimum absolute atomic E-state index is 0.0410. The van der Waals surface area contributed by atoms with Gasteiger partial charge < -0.3 is 19.5 Å². The minimum atomic E-state index is -3.67. The first kappa shape index (κ1) is 19.3. The molecule has 1 amide bonds. The number of carbonyl (C=O) groups excluding carboxylic acids is 1. The lowest BCUT2D eigenvalue weighted by atomic mass is 10.1. The summed E-state index contributed by atoms with van der Waals surface area (Å²) in [7, 11) is 1.61. The number of aliphatic imine (C=N–C) groups is 1. The molecule has 1 N–H and O–H groups in total. The number of alkyl halides is 2. The number of fused-ring (bicyclic) bond motifs is 1. The van der Waals surface area contributed by atoms with E-state index in [1.807, 2.05) is 24.3 Å². The van der Waals surface area contributed by atoms with Crippen LogP contribution in [0.4, 0.5) is 8.78 Å². The van der Waals surface area contributed by atoms with Crippen molar-refractivity contribution in [3.63, 3.8) is 0 Å². The summed E-state index contributed by atoms with van der Waals surface area (Å²) in [6.45, 7) is 0. The fourth-order valence-corrected chi connectivity index (χ4v) is 3.78. The van der Waals surface area contributed by atoms with E-state index in [9.17, 15) is 13.6 Å². The highest BCUT2D eigenvalue weighted by Crippen LogP contribution is 2.41. The molecule has 4 rings (SSSR count). The Hall–Kier alpha value is -3.07. The molecule has 0 aromatic heterocycles. The Morgan fingerprint density at radius 3 is 2.76 bits per heavy atom. The highest BCUT2D eigenvalue weighted by Gasteiger charge is 2.43. The van der Waals surface area contributed by atoms with Crippen molar-refractivity contribution in [1.82, 2.24) is 5.32 Å². The predicted molar refractivity (Wildman–Crippen MR) is 105 cm³/mol. The molecule has 1 unspecified atom stereocenters. The van der Waals surface area contributed by atoms with Crippen LogP contribution in [0.15, 0.2) is 53.5 Å². The lowest BCUT2D eigenvalue weighted by Crippen LogP contribution is -2.25. The van der Waals surface area contributed by atoms with Crippen LogP contribution in [0.3, 0.4) is 0 Å². The number of benzene rings is 2. The molecule has 0 fully saturated rings. The molecule has 29 heavy (non-hydrogen) atoms. The van der Waals surface area contributed by atoms with Gasteiger partial charge in [0.15, 0.2) is 16.7 Å². The maximum Gasteiger partial charge on any atom is 0.586 e. The Labute approximate surface area is 169 Å². The zero-order chi connectivity index (χ0) is 20.4. The second kappa shape index (κ2) is 7.75. The molecule has 2 aliphatic heterocycles. The number of ether oxygens (including phenoxy) is 3. The fourth-order valence-electron chi connectivity index (χ4n) is 2.83. The number of carbonyl (C=O) groups is 1. The number of amides is 1. The standard InChI is InChI=1S/C20H16F2N2O4S/c1-26-14-6-4-13(5-7-14)15-11-29-19(23-15)24-18(25)9-3-12-2-8-16-17(10-12)28-20(21,22)27-16/h2-10,15H,11H2,1H3,(H,23,24,25)/b9-3+. The summed E-state index contributed by atoms with van der Waals surface area (Å²) in [5, 5.41) is 3.26. The summed E-state index contributed by atoms with van der Waals surface area (Å²) >= 11 is 1.45. The molecule has 2 aromatic rings. The largest absolute Gasteiger partial charge is 0.586 e. The predicted octanol–water partition coefficient (Wildman–Crippen LogP) is 3.99. The molecule has 1 atom stereocenters. The lowest BCUT2D eigenvalue weighted by Gasteiger charge is -2.06. The number of rotatable bonds is 4. The number of nitrogens with zero attached hydrogens (tertiary/aromatic N) is 1. The molecule has 2 aliphatic rings. The summed E-state index contributed by atoms with van der Waals surface area (Å²) in [5.74, 6) is 1.01. The first-order valence-corrected chi connectivity index (χ1v) is 9.64. The van der Waals surface area contributed by atoms with E-state index < -0.39 is 6.29 Å². The van der Waals surface area contributed by atoms with Crippen LogP contribution in [0, 0.1) is 0 Å². The molecule has 0 spiro atoms. The molecule has 0 saturated heterocycles. The third-order valence-electron chi connectivity index (χ3n) is 4.23. The summed E-state index contributed by atoms with van der Waals surface area (Å²) in [5.41, 5.74) is 1.56. The van der Waals surface area contributed by atoms with Crippen LogP contribution in [0.25, 0.3) is 6.08 Å². The SMILES string of the molecule is COc1ccc(C2CSC(NC(=O)/C=C/c3ccc4c(c3)OC(F)(F)O4)=N2)cc1. The quantitative estimate of drug-likeness (QED) is 0.761.